The van der Waals surface area contributed by atoms with Gasteiger partial charge >= 0.3 is 5.69 Å². The number of rotatable bonds is 4. The van der Waals surface area contributed by atoms with Crippen LogP contribution in [0.25, 0.3) is 0 Å². The molecule has 7 heteroatoms. The van der Waals surface area contributed by atoms with Gasteiger partial charge in [-0.05, 0) is 24.7 Å². The van der Waals surface area contributed by atoms with Gasteiger partial charge in [0.05, 0.1) is 0 Å². The zero-order valence-corrected chi connectivity index (χ0v) is 11.1. The Hall–Kier alpha value is -1.89. The number of aromatic nitrogens is 2. The van der Waals surface area contributed by atoms with Crippen LogP contribution in [-0.4, -0.2) is 34.1 Å². The van der Waals surface area contributed by atoms with Crippen LogP contribution in [0.1, 0.15) is 36.2 Å². The van der Waals surface area contributed by atoms with Crippen LogP contribution in [-0.2, 0) is 0 Å². The minimum atomic E-state index is -0.700. The molecule has 1 aromatic heterocycles. The second-order valence-corrected chi connectivity index (χ2v) is 5.20. The molecule has 2 unspecified atom stereocenters. The number of aliphatic hydroxyl groups is 1. The molecule has 0 spiro atoms. The van der Waals surface area contributed by atoms with Gasteiger partial charge in [0, 0.05) is 19.2 Å². The number of hydrogen-bond donors (Lipinski definition) is 4. The van der Waals surface area contributed by atoms with Crippen molar-refractivity contribution in [2.45, 2.75) is 25.7 Å². The van der Waals surface area contributed by atoms with Crippen LogP contribution in [0.2, 0.25) is 0 Å². The summed E-state index contributed by atoms with van der Waals surface area (Å²) in [6.07, 6.45) is 4.15. The largest absolute Gasteiger partial charge is 0.396 e. The predicted molar refractivity (Wildman–Crippen MR) is 72.6 cm³/mol. The lowest BCUT2D eigenvalue weighted by atomic mass is 9.79. The zero-order valence-electron chi connectivity index (χ0n) is 11.1. The molecule has 4 N–H and O–H groups in total. The molecule has 1 aliphatic rings. The summed E-state index contributed by atoms with van der Waals surface area (Å²) in [5, 5.41) is 12.0. The molecular weight excluding hydrogens is 262 g/mol. The minimum Gasteiger partial charge on any atom is -0.396 e. The van der Waals surface area contributed by atoms with Gasteiger partial charge in [0.2, 0.25) is 0 Å². The van der Waals surface area contributed by atoms with E-state index in [4.69, 9.17) is 0 Å². The lowest BCUT2D eigenvalue weighted by Gasteiger charge is -2.30. The molecule has 1 fully saturated rings. The van der Waals surface area contributed by atoms with E-state index in [2.05, 4.69) is 10.3 Å². The first-order chi connectivity index (χ1) is 9.60. The van der Waals surface area contributed by atoms with E-state index in [1.165, 1.54) is 0 Å². The molecule has 1 heterocycles. The van der Waals surface area contributed by atoms with Crippen LogP contribution in [0, 0.1) is 11.8 Å². The topological polar surface area (TPSA) is 115 Å². The fourth-order valence-electron chi connectivity index (χ4n) is 2.70. The van der Waals surface area contributed by atoms with Crippen molar-refractivity contribution in [3.63, 3.8) is 0 Å². The van der Waals surface area contributed by atoms with Crippen molar-refractivity contribution in [1.82, 2.24) is 15.3 Å². The van der Waals surface area contributed by atoms with Gasteiger partial charge in [-0.1, -0.05) is 12.8 Å². The van der Waals surface area contributed by atoms with Crippen molar-refractivity contribution in [3.8, 4) is 0 Å². The molecular formula is C13H19N3O4. The summed E-state index contributed by atoms with van der Waals surface area (Å²) in [6, 6.07) is 1.06. The normalized spacial score (nSPS) is 22.4. The quantitative estimate of drug-likeness (QED) is 0.600. The van der Waals surface area contributed by atoms with Crippen molar-refractivity contribution < 1.29 is 9.90 Å². The molecule has 1 aliphatic carbocycles. The maximum atomic E-state index is 11.9. The highest BCUT2D eigenvalue weighted by molar-refractivity contribution is 5.91. The highest BCUT2D eigenvalue weighted by Crippen LogP contribution is 2.29. The van der Waals surface area contributed by atoms with Crippen LogP contribution < -0.4 is 16.6 Å². The molecule has 20 heavy (non-hydrogen) atoms. The van der Waals surface area contributed by atoms with Crippen molar-refractivity contribution in [2.75, 3.05) is 13.2 Å². The first kappa shape index (κ1) is 14.5. The number of hydrogen-bond acceptors (Lipinski definition) is 4. The second kappa shape index (κ2) is 6.51. The van der Waals surface area contributed by atoms with Gasteiger partial charge in [0.1, 0.15) is 5.69 Å². The third-order valence-corrected chi connectivity index (χ3v) is 3.83. The van der Waals surface area contributed by atoms with Gasteiger partial charge in [-0.2, -0.15) is 0 Å². The lowest BCUT2D eigenvalue weighted by molar-refractivity contribution is 0.0904. The summed E-state index contributed by atoms with van der Waals surface area (Å²) in [6.45, 7) is 0.571. The smallest absolute Gasteiger partial charge is 0.326 e. The molecule has 1 amide bonds. The van der Waals surface area contributed by atoms with E-state index in [1.807, 2.05) is 4.98 Å². The summed E-state index contributed by atoms with van der Waals surface area (Å²) in [4.78, 5) is 38.4. The summed E-state index contributed by atoms with van der Waals surface area (Å²) in [7, 11) is 0. The van der Waals surface area contributed by atoms with Gasteiger partial charge in [-0.25, -0.2) is 4.79 Å². The Bertz CT molecular complexity index is 549. The fraction of sp³-hybridized carbons (Fsp3) is 0.615. The number of aromatic amines is 2. The van der Waals surface area contributed by atoms with Gasteiger partial charge in [-0.3, -0.25) is 14.6 Å². The van der Waals surface area contributed by atoms with Gasteiger partial charge in [0.15, 0.2) is 0 Å². The minimum absolute atomic E-state index is 0.0462. The zero-order chi connectivity index (χ0) is 14.5. The average molecular weight is 281 g/mol. The lowest BCUT2D eigenvalue weighted by Crippen LogP contribution is -2.37. The van der Waals surface area contributed by atoms with E-state index in [0.717, 1.165) is 31.7 Å². The maximum Gasteiger partial charge on any atom is 0.326 e. The molecule has 110 valence electrons. The van der Waals surface area contributed by atoms with E-state index < -0.39 is 17.2 Å². The number of carbonyl (C=O) groups is 1. The van der Waals surface area contributed by atoms with Crippen LogP contribution in [0.15, 0.2) is 15.7 Å². The van der Waals surface area contributed by atoms with Crippen molar-refractivity contribution in [1.29, 1.82) is 0 Å². The highest BCUT2D eigenvalue weighted by Gasteiger charge is 2.24. The monoisotopic (exact) mass is 281 g/mol. The number of amides is 1. The Morgan fingerprint density at radius 3 is 2.60 bits per heavy atom. The van der Waals surface area contributed by atoms with Gasteiger partial charge in [0.25, 0.3) is 11.5 Å². The summed E-state index contributed by atoms with van der Waals surface area (Å²) < 4.78 is 0. The van der Waals surface area contributed by atoms with Gasteiger partial charge < -0.3 is 15.4 Å². The van der Waals surface area contributed by atoms with Crippen LogP contribution >= 0.6 is 0 Å². The summed E-state index contributed by atoms with van der Waals surface area (Å²) in [5.74, 6) is -0.0239. The molecule has 0 aliphatic heterocycles. The molecule has 2 rings (SSSR count). The van der Waals surface area contributed by atoms with Crippen LogP contribution in [0.3, 0.4) is 0 Å². The standard InChI is InChI=1S/C13H19N3O4/c17-7-9-4-2-1-3-8(9)6-14-12(19)10-5-11(18)16-13(20)15-10/h5,8-9,17H,1-4,6-7H2,(H,14,19)(H2,15,16,18,20). The van der Waals surface area contributed by atoms with E-state index in [0.29, 0.717) is 6.54 Å². The Morgan fingerprint density at radius 1 is 1.25 bits per heavy atom. The third kappa shape index (κ3) is 3.57. The van der Waals surface area contributed by atoms with Gasteiger partial charge in [-0.15, -0.1) is 0 Å². The number of nitrogens with one attached hydrogen (secondary N) is 3. The van der Waals surface area contributed by atoms with Crippen molar-refractivity contribution >= 4 is 5.91 Å². The molecule has 7 nitrogen and oxygen atoms in total. The first-order valence-electron chi connectivity index (χ1n) is 6.83. The average Bonchev–Trinajstić information content (AvgIpc) is 2.44. The number of H-pyrrole nitrogens is 2. The van der Waals surface area contributed by atoms with E-state index in [1.54, 1.807) is 0 Å². The Kier molecular flexibility index (Phi) is 4.73. The molecule has 0 saturated heterocycles. The Balaban J connectivity index is 1.97. The molecule has 0 radical (unpaired) electrons. The van der Waals surface area contributed by atoms with Crippen LogP contribution in [0.5, 0.6) is 0 Å². The summed E-state index contributed by atoms with van der Waals surface area (Å²) >= 11 is 0. The maximum absolute atomic E-state index is 11.9. The third-order valence-electron chi connectivity index (χ3n) is 3.83. The van der Waals surface area contributed by atoms with Crippen molar-refractivity contribution in [2.24, 2.45) is 11.8 Å². The fourth-order valence-corrected chi connectivity index (χ4v) is 2.70. The second-order valence-electron chi connectivity index (χ2n) is 5.20. The SMILES string of the molecule is O=C(NCC1CCCCC1CO)c1cc(=O)[nH]c(=O)[nH]1. The summed E-state index contributed by atoms with van der Waals surface area (Å²) in [5.41, 5.74) is -1.35. The molecule has 1 saturated carbocycles. The van der Waals surface area contributed by atoms with E-state index >= 15 is 0 Å². The highest BCUT2D eigenvalue weighted by atomic mass is 16.3. The number of carbonyl (C=O) groups excluding carboxylic acids is 1. The van der Waals surface area contributed by atoms with Crippen LogP contribution in [0.4, 0.5) is 0 Å². The Morgan fingerprint density at radius 2 is 1.95 bits per heavy atom. The molecule has 2 atom stereocenters. The molecule has 0 aromatic carbocycles. The Labute approximate surface area is 115 Å². The first-order valence-corrected chi connectivity index (χ1v) is 6.83. The van der Waals surface area contributed by atoms with Crippen molar-refractivity contribution in [3.05, 3.63) is 32.6 Å². The molecule has 1 aromatic rings. The van der Waals surface area contributed by atoms with E-state index in [-0.39, 0.29) is 24.1 Å². The molecule has 0 bridgehead atoms. The van der Waals surface area contributed by atoms with E-state index in [9.17, 15) is 19.5 Å². The number of aliphatic hydroxyl groups excluding tert-OH is 1. The predicted octanol–water partition coefficient (Wildman–Crippen LogP) is -0.408.